The minimum absolute atomic E-state index is 0.173. The molecule has 0 aromatic carbocycles. The Kier molecular flexibility index (Phi) is 7.30. The molecule has 5 nitrogen and oxygen atoms in total. The van der Waals surface area contributed by atoms with Crippen molar-refractivity contribution in [2.75, 3.05) is 13.1 Å². The molecule has 130 valence electrons. The molecule has 3 N–H and O–H groups in total. The van der Waals surface area contributed by atoms with Gasteiger partial charge in [0.1, 0.15) is 0 Å². The van der Waals surface area contributed by atoms with Gasteiger partial charge in [0, 0.05) is 24.2 Å². The molecule has 1 heterocycles. The molecule has 1 fully saturated rings. The predicted octanol–water partition coefficient (Wildman–Crippen LogP) is 3.16. The minimum Gasteiger partial charge on any atom is -0.388 e. The maximum Gasteiger partial charge on any atom is 0.314 e. The average Bonchev–Trinajstić information content (AvgIpc) is 2.81. The van der Waals surface area contributed by atoms with Crippen LogP contribution in [0.1, 0.15) is 62.1 Å². The summed E-state index contributed by atoms with van der Waals surface area (Å²) in [5.74, 6) is 0. The molecule has 6 heteroatoms. The Labute approximate surface area is 142 Å². The molecule has 1 aromatic heterocycles. The number of carbonyl (C=O) groups excluding carboxylic acids is 1. The van der Waals surface area contributed by atoms with Gasteiger partial charge in [0.05, 0.1) is 10.6 Å². The van der Waals surface area contributed by atoms with Crippen molar-refractivity contribution in [3.63, 3.8) is 0 Å². The van der Waals surface area contributed by atoms with Crippen LogP contribution in [-0.4, -0.2) is 34.8 Å². The van der Waals surface area contributed by atoms with Crippen molar-refractivity contribution in [3.05, 3.63) is 16.1 Å². The lowest BCUT2D eigenvalue weighted by Gasteiger charge is -2.26. The van der Waals surface area contributed by atoms with Gasteiger partial charge in [-0.05, 0) is 39.0 Å². The molecule has 2 rings (SSSR count). The third kappa shape index (κ3) is 6.87. The van der Waals surface area contributed by atoms with E-state index in [1.807, 2.05) is 6.92 Å². The second-order valence-corrected chi connectivity index (χ2v) is 7.53. The molecule has 2 amide bonds. The van der Waals surface area contributed by atoms with Crippen molar-refractivity contribution in [3.8, 4) is 0 Å². The Bertz CT molecular complexity index is 482. The number of hydrogen-bond acceptors (Lipinski definition) is 4. The van der Waals surface area contributed by atoms with Gasteiger partial charge in [0.15, 0.2) is 0 Å². The molecule has 0 unspecified atom stereocenters. The van der Waals surface area contributed by atoms with Crippen LogP contribution in [0.4, 0.5) is 4.79 Å². The van der Waals surface area contributed by atoms with E-state index in [-0.39, 0.29) is 6.03 Å². The third-order valence-corrected chi connectivity index (χ3v) is 5.41. The van der Waals surface area contributed by atoms with E-state index in [4.69, 9.17) is 0 Å². The van der Waals surface area contributed by atoms with E-state index in [2.05, 4.69) is 21.0 Å². The lowest BCUT2D eigenvalue weighted by molar-refractivity contribution is 0.0277. The number of hydrogen-bond donors (Lipinski definition) is 3. The molecule has 1 saturated carbocycles. The summed E-state index contributed by atoms with van der Waals surface area (Å²) in [6, 6.07) is -0.173. The van der Waals surface area contributed by atoms with Gasteiger partial charge in [-0.25, -0.2) is 9.78 Å². The van der Waals surface area contributed by atoms with Gasteiger partial charge < -0.3 is 15.7 Å². The first-order valence-corrected chi connectivity index (χ1v) is 9.60. The van der Waals surface area contributed by atoms with Crippen molar-refractivity contribution in [2.24, 2.45) is 0 Å². The Morgan fingerprint density at radius 1 is 1.26 bits per heavy atom. The molecule has 23 heavy (non-hydrogen) atoms. The number of aliphatic hydroxyl groups is 1. The summed E-state index contributed by atoms with van der Waals surface area (Å²) in [6.45, 7) is 3.03. The summed E-state index contributed by atoms with van der Waals surface area (Å²) in [5.41, 5.74) is 0.371. The number of urea groups is 1. The van der Waals surface area contributed by atoms with E-state index in [9.17, 15) is 9.90 Å². The normalized spacial score (nSPS) is 17.5. The van der Waals surface area contributed by atoms with Gasteiger partial charge >= 0.3 is 6.03 Å². The molecule has 0 radical (unpaired) electrons. The number of nitrogens with zero attached hydrogens (tertiary/aromatic N) is 1. The second kappa shape index (κ2) is 9.23. The number of rotatable bonds is 7. The van der Waals surface area contributed by atoms with Crippen LogP contribution < -0.4 is 10.6 Å². The van der Waals surface area contributed by atoms with E-state index in [1.165, 1.54) is 17.8 Å². The molecule has 1 aromatic rings. The number of thiazole rings is 1. The summed E-state index contributed by atoms with van der Waals surface area (Å²) in [5, 5.41) is 19.4. The highest BCUT2D eigenvalue weighted by Gasteiger charge is 2.28. The quantitative estimate of drug-likeness (QED) is 0.528. The van der Waals surface area contributed by atoms with Crippen molar-refractivity contribution < 1.29 is 9.90 Å². The Morgan fingerprint density at radius 2 is 2.00 bits per heavy atom. The minimum atomic E-state index is -0.712. The molecular weight excluding hydrogens is 310 g/mol. The average molecular weight is 340 g/mol. The van der Waals surface area contributed by atoms with Crippen LogP contribution >= 0.6 is 11.3 Å². The fraction of sp³-hybridized carbons (Fsp3) is 0.765. The van der Waals surface area contributed by atoms with Crippen LogP contribution in [0.15, 0.2) is 5.38 Å². The van der Waals surface area contributed by atoms with Crippen LogP contribution in [0.25, 0.3) is 0 Å². The Balaban J connectivity index is 1.54. The molecule has 0 spiro atoms. The Hall–Kier alpha value is -1.14. The zero-order valence-corrected chi connectivity index (χ0v) is 14.9. The molecule has 0 atom stereocenters. The van der Waals surface area contributed by atoms with Crippen LogP contribution in [0, 0.1) is 6.92 Å². The fourth-order valence-corrected chi connectivity index (χ4v) is 3.81. The predicted molar refractivity (Wildman–Crippen MR) is 93.8 cm³/mol. The maximum atomic E-state index is 11.8. The van der Waals surface area contributed by atoms with Crippen LogP contribution in [0.2, 0.25) is 0 Å². The highest BCUT2D eigenvalue weighted by molar-refractivity contribution is 7.09. The smallest absolute Gasteiger partial charge is 0.314 e. The van der Waals surface area contributed by atoms with Gasteiger partial charge in [0.25, 0.3) is 0 Å². The van der Waals surface area contributed by atoms with Gasteiger partial charge in [-0.2, -0.15) is 0 Å². The van der Waals surface area contributed by atoms with Crippen molar-refractivity contribution in [1.82, 2.24) is 15.6 Å². The summed E-state index contributed by atoms with van der Waals surface area (Å²) >= 11 is 1.70. The first-order valence-electron chi connectivity index (χ1n) is 8.72. The molecule has 0 saturated heterocycles. The molecule has 0 aliphatic heterocycles. The molecule has 1 aliphatic carbocycles. The summed E-state index contributed by atoms with van der Waals surface area (Å²) in [7, 11) is 0. The summed E-state index contributed by atoms with van der Waals surface area (Å²) in [4.78, 5) is 16.2. The fourth-order valence-electron chi connectivity index (χ4n) is 2.99. The zero-order valence-electron chi connectivity index (χ0n) is 14.1. The first kappa shape index (κ1) is 18.2. The maximum absolute atomic E-state index is 11.8. The number of unbranched alkanes of at least 4 members (excludes halogenated alkanes) is 1. The van der Waals surface area contributed by atoms with Crippen molar-refractivity contribution in [1.29, 1.82) is 0 Å². The van der Waals surface area contributed by atoms with Crippen molar-refractivity contribution in [2.45, 2.75) is 70.3 Å². The standard InChI is InChI=1S/C17H29N3O2S/c1-14-12-23-15(20-14)8-4-7-11-18-16(21)19-13-17(22)9-5-2-3-6-10-17/h12,22H,2-11,13H2,1H3,(H2,18,19,21). The zero-order chi connectivity index (χ0) is 16.5. The lowest BCUT2D eigenvalue weighted by atomic mass is 9.95. The molecular formula is C17H29N3O2S. The van der Waals surface area contributed by atoms with Crippen molar-refractivity contribution >= 4 is 17.4 Å². The molecule has 1 aliphatic rings. The van der Waals surface area contributed by atoms with Crippen LogP contribution in [-0.2, 0) is 6.42 Å². The molecule has 0 bridgehead atoms. The summed E-state index contributed by atoms with van der Waals surface area (Å²) in [6.07, 6.45) is 9.00. The SMILES string of the molecule is Cc1csc(CCCCNC(=O)NCC2(O)CCCCCC2)n1. The summed E-state index contributed by atoms with van der Waals surface area (Å²) < 4.78 is 0. The highest BCUT2D eigenvalue weighted by Crippen LogP contribution is 2.26. The number of aromatic nitrogens is 1. The van der Waals surface area contributed by atoms with Gasteiger partial charge in [-0.1, -0.05) is 25.7 Å². The second-order valence-electron chi connectivity index (χ2n) is 6.59. The topological polar surface area (TPSA) is 74.2 Å². The highest BCUT2D eigenvalue weighted by atomic mass is 32.1. The monoisotopic (exact) mass is 339 g/mol. The van der Waals surface area contributed by atoms with Gasteiger partial charge in [0.2, 0.25) is 0 Å². The number of amides is 2. The largest absolute Gasteiger partial charge is 0.388 e. The van der Waals surface area contributed by atoms with Gasteiger partial charge in [-0.3, -0.25) is 0 Å². The number of aryl methyl sites for hydroxylation is 2. The van der Waals surface area contributed by atoms with E-state index in [1.54, 1.807) is 11.3 Å². The first-order chi connectivity index (χ1) is 11.1. The van der Waals surface area contributed by atoms with E-state index < -0.39 is 5.60 Å². The lowest BCUT2D eigenvalue weighted by Crippen LogP contribution is -2.46. The van der Waals surface area contributed by atoms with E-state index in [0.717, 1.165) is 50.6 Å². The number of carbonyl (C=O) groups is 1. The van der Waals surface area contributed by atoms with E-state index in [0.29, 0.717) is 13.1 Å². The van der Waals surface area contributed by atoms with E-state index >= 15 is 0 Å². The third-order valence-electron chi connectivity index (χ3n) is 4.38. The Morgan fingerprint density at radius 3 is 2.65 bits per heavy atom. The van der Waals surface area contributed by atoms with Crippen LogP contribution in [0.3, 0.4) is 0 Å². The van der Waals surface area contributed by atoms with Gasteiger partial charge in [-0.15, -0.1) is 11.3 Å². The van der Waals surface area contributed by atoms with Crippen LogP contribution in [0.5, 0.6) is 0 Å². The number of nitrogens with one attached hydrogen (secondary N) is 2.